The largest absolute Gasteiger partial charge is 0.161 e. The van der Waals surface area contributed by atoms with Gasteiger partial charge in [0, 0.05) is 5.56 Å². The Kier molecular flexibility index (Phi) is 4.77. The van der Waals surface area contributed by atoms with Crippen molar-refractivity contribution in [2.24, 2.45) is 0 Å². The summed E-state index contributed by atoms with van der Waals surface area (Å²) in [6, 6.07) is 30.3. The summed E-state index contributed by atoms with van der Waals surface area (Å²) in [4.78, 5) is 2.78. The second-order valence-electron chi connectivity index (χ2n) is 5.11. The third-order valence-electron chi connectivity index (χ3n) is 3.58. The van der Waals surface area contributed by atoms with Gasteiger partial charge in [0.2, 0.25) is 0 Å². The summed E-state index contributed by atoms with van der Waals surface area (Å²) < 4.78 is 0. The van der Waals surface area contributed by atoms with Crippen molar-refractivity contribution in [3.8, 4) is 0 Å². The lowest BCUT2D eigenvalue weighted by molar-refractivity contribution is 1.30. The second kappa shape index (κ2) is 7.15. The van der Waals surface area contributed by atoms with Crippen molar-refractivity contribution in [1.29, 1.82) is 0 Å². The Hall–Kier alpha value is -2.25. The van der Waals surface area contributed by atoms with Gasteiger partial charge in [-0.15, -0.1) is 0 Å². The van der Waals surface area contributed by atoms with Gasteiger partial charge >= 0.3 is 0 Å². The fourth-order valence-electron chi connectivity index (χ4n) is 2.39. The molecule has 1 heteroatoms. The van der Waals surface area contributed by atoms with E-state index in [9.17, 15) is 0 Å². The molecule has 0 amide bonds. The molecule has 0 aliphatic carbocycles. The minimum atomic E-state index is 0.0634. The van der Waals surface area contributed by atoms with Crippen LogP contribution in [-0.4, -0.2) is 0 Å². The number of benzene rings is 3. The third kappa shape index (κ3) is 3.49. The average molecular weight is 303 g/mol. The lowest BCUT2D eigenvalue weighted by Crippen LogP contribution is -2.07. The van der Waals surface area contributed by atoms with Crippen LogP contribution in [0.2, 0.25) is 0 Å². The fraction of sp³-hybridized carbons (Fsp3) is 0.0476. The van der Waals surface area contributed by atoms with E-state index < -0.39 is 0 Å². The molecule has 3 aromatic carbocycles. The SMILES string of the molecule is C=Cc1ccc(C[S+](c2ccccc2)c2ccccc2)cc1. The highest BCUT2D eigenvalue weighted by Gasteiger charge is 2.25. The predicted octanol–water partition coefficient (Wildman–Crippen LogP) is 5.57. The zero-order valence-electron chi connectivity index (χ0n) is 12.5. The molecular weight excluding hydrogens is 284 g/mol. The average Bonchev–Trinajstić information content (AvgIpc) is 2.62. The van der Waals surface area contributed by atoms with Crippen LogP contribution in [-0.2, 0) is 16.6 Å². The van der Waals surface area contributed by atoms with Crippen LogP contribution < -0.4 is 0 Å². The Morgan fingerprint density at radius 2 is 1.18 bits per heavy atom. The van der Waals surface area contributed by atoms with Crippen LogP contribution in [0.4, 0.5) is 0 Å². The molecule has 108 valence electrons. The summed E-state index contributed by atoms with van der Waals surface area (Å²) >= 11 is 0. The first-order valence-corrected chi connectivity index (χ1v) is 8.78. The standard InChI is InChI=1S/C21H19S/c1-2-18-13-15-19(16-14-18)17-22(20-9-5-3-6-10-20)21-11-7-4-8-12-21/h2-16H,1,17H2/q+1. The number of hydrogen-bond donors (Lipinski definition) is 0. The first kappa shape index (κ1) is 14.7. The topological polar surface area (TPSA) is 0 Å². The molecule has 0 aliphatic heterocycles. The summed E-state index contributed by atoms with van der Waals surface area (Å²) in [6.45, 7) is 3.82. The third-order valence-corrected chi connectivity index (χ3v) is 5.89. The van der Waals surface area contributed by atoms with E-state index in [0.717, 1.165) is 5.75 Å². The minimum absolute atomic E-state index is 0.0634. The highest BCUT2D eigenvalue weighted by Crippen LogP contribution is 2.27. The molecule has 0 bridgehead atoms. The summed E-state index contributed by atoms with van der Waals surface area (Å²) in [5, 5.41) is 0. The van der Waals surface area contributed by atoms with Crippen LogP contribution in [0, 0.1) is 0 Å². The van der Waals surface area contributed by atoms with Gasteiger partial charge in [-0.1, -0.05) is 73.3 Å². The quantitative estimate of drug-likeness (QED) is 0.541. The summed E-state index contributed by atoms with van der Waals surface area (Å²) in [5.74, 6) is 1.03. The molecule has 0 saturated carbocycles. The first-order valence-electron chi connectivity index (χ1n) is 7.39. The van der Waals surface area contributed by atoms with Gasteiger partial charge in [0.15, 0.2) is 9.79 Å². The smallest absolute Gasteiger partial charge is 0.0985 e. The van der Waals surface area contributed by atoms with Gasteiger partial charge in [-0.25, -0.2) is 0 Å². The summed E-state index contributed by atoms with van der Waals surface area (Å²) in [6.07, 6.45) is 1.89. The van der Waals surface area contributed by atoms with Gasteiger partial charge in [-0.2, -0.15) is 0 Å². The number of hydrogen-bond acceptors (Lipinski definition) is 0. The monoisotopic (exact) mass is 303 g/mol. The van der Waals surface area contributed by atoms with Gasteiger partial charge in [0.05, 0.1) is 10.9 Å². The molecule has 0 aliphatic rings. The zero-order chi connectivity index (χ0) is 15.2. The molecule has 3 rings (SSSR count). The normalized spacial score (nSPS) is 10.6. The van der Waals surface area contributed by atoms with Crippen LogP contribution in [0.5, 0.6) is 0 Å². The van der Waals surface area contributed by atoms with Gasteiger partial charge in [0.25, 0.3) is 0 Å². The Balaban J connectivity index is 1.93. The molecule has 0 atom stereocenters. The molecule has 0 saturated heterocycles. The van der Waals surface area contributed by atoms with Crippen molar-refractivity contribution in [3.05, 3.63) is 103 Å². The van der Waals surface area contributed by atoms with Gasteiger partial charge < -0.3 is 0 Å². The fourth-order valence-corrected chi connectivity index (χ4v) is 4.49. The maximum absolute atomic E-state index is 3.82. The maximum Gasteiger partial charge on any atom is 0.161 e. The lowest BCUT2D eigenvalue weighted by Gasteiger charge is -2.08. The molecule has 0 N–H and O–H groups in total. The molecule has 0 aromatic heterocycles. The van der Waals surface area contributed by atoms with Gasteiger partial charge in [-0.05, 0) is 29.8 Å². The highest BCUT2D eigenvalue weighted by atomic mass is 32.2. The molecule has 0 nitrogen and oxygen atoms in total. The molecule has 3 aromatic rings. The van der Waals surface area contributed by atoms with Crippen molar-refractivity contribution in [1.82, 2.24) is 0 Å². The van der Waals surface area contributed by atoms with Gasteiger partial charge in [0.1, 0.15) is 5.75 Å². The molecule has 0 radical (unpaired) electrons. The van der Waals surface area contributed by atoms with E-state index in [1.165, 1.54) is 20.9 Å². The van der Waals surface area contributed by atoms with Crippen molar-refractivity contribution < 1.29 is 0 Å². The maximum atomic E-state index is 3.82. The molecule has 0 spiro atoms. The van der Waals surface area contributed by atoms with E-state index in [0.29, 0.717) is 0 Å². The van der Waals surface area contributed by atoms with E-state index in [1.54, 1.807) is 0 Å². The Morgan fingerprint density at radius 1 is 0.682 bits per heavy atom. The van der Waals surface area contributed by atoms with Gasteiger partial charge in [-0.3, -0.25) is 0 Å². The number of rotatable bonds is 5. The van der Waals surface area contributed by atoms with E-state index in [1.807, 2.05) is 6.08 Å². The molecule has 0 unspecified atom stereocenters. The Bertz CT molecular complexity index is 675. The van der Waals surface area contributed by atoms with Crippen LogP contribution in [0.15, 0.2) is 101 Å². The molecular formula is C21H19S+. The molecule has 22 heavy (non-hydrogen) atoms. The lowest BCUT2D eigenvalue weighted by atomic mass is 10.1. The van der Waals surface area contributed by atoms with Crippen LogP contribution in [0.25, 0.3) is 6.08 Å². The van der Waals surface area contributed by atoms with Crippen molar-refractivity contribution >= 4 is 17.0 Å². The molecule has 0 heterocycles. The van der Waals surface area contributed by atoms with Crippen molar-refractivity contribution in [2.75, 3.05) is 0 Å². The van der Waals surface area contributed by atoms with Crippen molar-refractivity contribution in [3.63, 3.8) is 0 Å². The first-order chi connectivity index (χ1) is 10.9. The highest BCUT2D eigenvalue weighted by molar-refractivity contribution is 7.96. The van der Waals surface area contributed by atoms with E-state index in [-0.39, 0.29) is 10.9 Å². The Morgan fingerprint density at radius 3 is 1.64 bits per heavy atom. The van der Waals surface area contributed by atoms with Crippen molar-refractivity contribution in [2.45, 2.75) is 15.5 Å². The van der Waals surface area contributed by atoms with E-state index >= 15 is 0 Å². The van der Waals surface area contributed by atoms with Crippen LogP contribution in [0.1, 0.15) is 11.1 Å². The van der Waals surface area contributed by atoms with E-state index in [2.05, 4.69) is 91.5 Å². The minimum Gasteiger partial charge on any atom is -0.0985 e. The summed E-state index contributed by atoms with van der Waals surface area (Å²) in [5.41, 5.74) is 2.53. The summed E-state index contributed by atoms with van der Waals surface area (Å²) in [7, 11) is 0.0634. The Labute approximate surface area is 135 Å². The van der Waals surface area contributed by atoms with Crippen LogP contribution >= 0.6 is 0 Å². The van der Waals surface area contributed by atoms with E-state index in [4.69, 9.17) is 0 Å². The molecule has 0 fully saturated rings. The predicted molar refractivity (Wildman–Crippen MR) is 97.0 cm³/mol. The zero-order valence-corrected chi connectivity index (χ0v) is 13.3. The van der Waals surface area contributed by atoms with Crippen LogP contribution in [0.3, 0.4) is 0 Å². The second-order valence-corrected chi connectivity index (χ2v) is 7.12.